The van der Waals surface area contributed by atoms with Gasteiger partial charge in [-0.05, 0) is 89.9 Å². The van der Waals surface area contributed by atoms with Gasteiger partial charge in [-0.1, -0.05) is 186 Å². The number of phosphoric acid groups is 1. The minimum atomic E-state index is -4.33. The molecule has 0 aliphatic carbocycles. The van der Waals surface area contributed by atoms with Crippen LogP contribution in [-0.2, 0) is 18.4 Å². The van der Waals surface area contributed by atoms with Gasteiger partial charge in [0.25, 0.3) is 0 Å². The molecule has 0 saturated carbocycles. The fourth-order valence-electron chi connectivity index (χ4n) is 5.82. The molecule has 356 valence electrons. The number of allylic oxidation sites excluding steroid dienone is 21. The summed E-state index contributed by atoms with van der Waals surface area (Å²) in [6.45, 7) is 4.49. The van der Waals surface area contributed by atoms with Gasteiger partial charge >= 0.3 is 7.82 Å². The third-order valence-electron chi connectivity index (χ3n) is 9.63. The predicted molar refractivity (Wildman–Crippen MR) is 271 cm³/mol. The molecule has 0 rings (SSSR count). The van der Waals surface area contributed by atoms with Gasteiger partial charge in [-0.3, -0.25) is 13.8 Å². The Kier molecular flexibility index (Phi) is 41.5. The molecule has 0 aromatic heterocycles. The number of rotatable bonds is 41. The van der Waals surface area contributed by atoms with Crippen LogP contribution in [0.1, 0.15) is 149 Å². The largest absolute Gasteiger partial charge is 0.472 e. The van der Waals surface area contributed by atoms with Crippen LogP contribution in [0, 0.1) is 0 Å². The Bertz CT molecular complexity index is 1480. The van der Waals surface area contributed by atoms with Crippen LogP contribution in [0.5, 0.6) is 0 Å². The van der Waals surface area contributed by atoms with E-state index in [1.807, 2.05) is 27.2 Å². The van der Waals surface area contributed by atoms with Gasteiger partial charge in [-0.25, -0.2) is 4.57 Å². The summed E-state index contributed by atoms with van der Waals surface area (Å²) >= 11 is 0. The van der Waals surface area contributed by atoms with Crippen LogP contribution >= 0.6 is 7.82 Å². The molecule has 0 aromatic carbocycles. The minimum Gasteiger partial charge on any atom is -0.387 e. The van der Waals surface area contributed by atoms with Crippen LogP contribution in [0.15, 0.2) is 134 Å². The smallest absolute Gasteiger partial charge is 0.387 e. The molecule has 8 nitrogen and oxygen atoms in total. The highest BCUT2D eigenvalue weighted by Gasteiger charge is 2.27. The maximum absolute atomic E-state index is 12.7. The molecular weight excluding hydrogens is 804 g/mol. The fourth-order valence-corrected chi connectivity index (χ4v) is 6.55. The van der Waals surface area contributed by atoms with Crippen LogP contribution < -0.4 is 5.32 Å². The number of amides is 1. The SMILES string of the molecule is CC/C=C\C/C=C\C/C=C\C/C=C\C/C=C\C/C=C\C/C=C\C/C=C\C/C=C\C/C=C\CCCCCCCCC(=O)NC(COP(=O)(O)OCC[N+](C)(C)C)C(O)/C=C/CCCC. The molecule has 3 unspecified atom stereocenters. The molecule has 63 heavy (non-hydrogen) atoms. The molecular formula is C54H90N2O6P+. The fraction of sp³-hybridized carbons (Fsp3) is 0.574. The predicted octanol–water partition coefficient (Wildman–Crippen LogP) is 14.0. The van der Waals surface area contributed by atoms with Crippen LogP contribution in [0.2, 0.25) is 0 Å². The molecule has 3 N–H and O–H groups in total. The number of nitrogens with zero attached hydrogens (tertiary/aromatic N) is 1. The second-order valence-corrected chi connectivity index (χ2v) is 18.2. The highest BCUT2D eigenvalue weighted by molar-refractivity contribution is 7.47. The molecule has 3 atom stereocenters. The average Bonchev–Trinajstić information content (AvgIpc) is 3.24. The summed E-state index contributed by atoms with van der Waals surface area (Å²) in [4.78, 5) is 22.9. The van der Waals surface area contributed by atoms with Gasteiger partial charge in [0.15, 0.2) is 0 Å². The summed E-state index contributed by atoms with van der Waals surface area (Å²) in [5, 5.41) is 13.5. The maximum Gasteiger partial charge on any atom is 0.472 e. The van der Waals surface area contributed by atoms with E-state index in [0.717, 1.165) is 122 Å². The number of phosphoric ester groups is 1. The van der Waals surface area contributed by atoms with Gasteiger partial charge < -0.3 is 19.8 Å². The molecule has 1 amide bonds. The monoisotopic (exact) mass is 894 g/mol. The number of carbonyl (C=O) groups excluding carboxylic acids is 1. The van der Waals surface area contributed by atoms with Gasteiger partial charge in [0, 0.05) is 6.42 Å². The first-order chi connectivity index (χ1) is 30.5. The van der Waals surface area contributed by atoms with Crippen LogP contribution in [0.4, 0.5) is 0 Å². The number of nitrogens with one attached hydrogen (secondary N) is 1. The average molecular weight is 894 g/mol. The summed E-state index contributed by atoms with van der Waals surface area (Å²) in [6, 6.07) is -0.859. The zero-order valence-corrected chi connectivity index (χ0v) is 41.1. The van der Waals surface area contributed by atoms with E-state index in [4.69, 9.17) is 9.05 Å². The Hall–Kier alpha value is -3.36. The van der Waals surface area contributed by atoms with Gasteiger partial charge in [0.05, 0.1) is 39.9 Å². The normalized spacial score (nSPS) is 15.3. The van der Waals surface area contributed by atoms with Crippen molar-refractivity contribution in [1.29, 1.82) is 0 Å². The number of quaternary nitrogens is 1. The van der Waals surface area contributed by atoms with Crippen molar-refractivity contribution < 1.29 is 32.9 Å². The molecule has 0 saturated heterocycles. The Morgan fingerprint density at radius 1 is 0.556 bits per heavy atom. The van der Waals surface area contributed by atoms with Crippen molar-refractivity contribution in [1.82, 2.24) is 5.32 Å². The Morgan fingerprint density at radius 2 is 0.952 bits per heavy atom. The standard InChI is InChI=1S/C54H89N2O6P/c1-6-8-10-12-13-14-15-16-17-18-19-20-21-22-23-24-25-26-27-28-29-30-31-32-33-34-35-36-37-38-39-40-41-42-43-44-46-48-54(58)55-52(53(57)47-45-11-9-7-2)51-62-63(59,60)61-50-49-56(3,4)5/h8,10,13-14,16-17,19-20,22-23,25-26,28-29,31-32,34-35,37-38,45,47,52-53,57H,6-7,9,11-12,15,18,21,24,27,30,33,36,39-44,46,48-51H2,1-5H3,(H-,55,58,59,60)/p+1/b10-8-,14-13-,17-16-,20-19-,23-22-,26-25-,29-28-,32-31-,35-34-,38-37-,47-45+. The molecule has 0 bridgehead atoms. The van der Waals surface area contributed by atoms with Crippen molar-refractivity contribution >= 4 is 13.7 Å². The van der Waals surface area contributed by atoms with Crippen molar-refractivity contribution in [3.8, 4) is 0 Å². The third kappa shape index (κ3) is 46.4. The summed E-state index contributed by atoms with van der Waals surface area (Å²) in [5.74, 6) is -0.209. The van der Waals surface area contributed by atoms with E-state index in [0.29, 0.717) is 17.4 Å². The zero-order chi connectivity index (χ0) is 46.4. The minimum absolute atomic E-state index is 0.0495. The van der Waals surface area contributed by atoms with E-state index in [9.17, 15) is 19.4 Å². The lowest BCUT2D eigenvalue weighted by Gasteiger charge is -2.25. The molecule has 0 aromatic rings. The molecule has 0 spiro atoms. The second-order valence-electron chi connectivity index (χ2n) is 16.8. The molecule has 0 fully saturated rings. The number of hydrogen-bond acceptors (Lipinski definition) is 5. The number of aliphatic hydroxyl groups excluding tert-OH is 1. The van der Waals surface area contributed by atoms with Crippen molar-refractivity contribution in [2.75, 3.05) is 40.9 Å². The molecule has 0 aliphatic heterocycles. The third-order valence-corrected chi connectivity index (χ3v) is 10.6. The first-order valence-corrected chi connectivity index (χ1v) is 25.6. The number of unbranched alkanes of at least 4 members (excludes halogenated alkanes) is 8. The highest BCUT2D eigenvalue weighted by atomic mass is 31.2. The van der Waals surface area contributed by atoms with Crippen LogP contribution in [0.3, 0.4) is 0 Å². The first kappa shape index (κ1) is 59.6. The molecule has 0 heterocycles. The van der Waals surface area contributed by atoms with E-state index >= 15 is 0 Å². The number of carbonyl (C=O) groups is 1. The summed E-state index contributed by atoms with van der Waals surface area (Å²) < 4.78 is 23.3. The van der Waals surface area contributed by atoms with Crippen LogP contribution in [0.25, 0.3) is 0 Å². The topological polar surface area (TPSA) is 105 Å². The zero-order valence-electron chi connectivity index (χ0n) is 40.2. The lowest BCUT2D eigenvalue weighted by Crippen LogP contribution is -2.45. The Morgan fingerprint density at radius 3 is 1.38 bits per heavy atom. The van der Waals surface area contributed by atoms with Crippen molar-refractivity contribution in [2.45, 2.75) is 161 Å². The van der Waals surface area contributed by atoms with E-state index in [1.165, 1.54) is 6.42 Å². The van der Waals surface area contributed by atoms with E-state index in [-0.39, 0.29) is 19.1 Å². The summed E-state index contributed by atoms with van der Waals surface area (Å²) in [6.07, 6.45) is 67.5. The summed E-state index contributed by atoms with van der Waals surface area (Å²) in [7, 11) is 1.53. The van der Waals surface area contributed by atoms with Crippen molar-refractivity contribution in [3.05, 3.63) is 134 Å². The lowest BCUT2D eigenvalue weighted by atomic mass is 10.1. The van der Waals surface area contributed by atoms with E-state index in [1.54, 1.807) is 6.08 Å². The number of aliphatic hydroxyl groups is 1. The number of hydrogen-bond donors (Lipinski definition) is 3. The second kappa shape index (κ2) is 43.9. The van der Waals surface area contributed by atoms with Crippen molar-refractivity contribution in [3.63, 3.8) is 0 Å². The Balaban J connectivity index is 4.00. The van der Waals surface area contributed by atoms with Gasteiger partial charge in [-0.2, -0.15) is 0 Å². The molecule has 0 aliphatic rings. The van der Waals surface area contributed by atoms with E-state index in [2.05, 4.69) is 141 Å². The first-order valence-electron chi connectivity index (χ1n) is 24.1. The van der Waals surface area contributed by atoms with Crippen molar-refractivity contribution in [2.24, 2.45) is 0 Å². The number of likely N-dealkylation sites (N-methyl/N-ethyl adjacent to an activating group) is 1. The van der Waals surface area contributed by atoms with Gasteiger partial charge in [0.2, 0.25) is 5.91 Å². The summed E-state index contributed by atoms with van der Waals surface area (Å²) in [5.41, 5.74) is 0. The quantitative estimate of drug-likeness (QED) is 0.0244. The van der Waals surface area contributed by atoms with E-state index < -0.39 is 20.0 Å². The molecule has 0 radical (unpaired) electrons. The Labute approximate surface area is 386 Å². The lowest BCUT2D eigenvalue weighted by molar-refractivity contribution is -0.870. The van der Waals surface area contributed by atoms with Crippen LogP contribution in [-0.4, -0.2) is 73.4 Å². The maximum atomic E-state index is 12.7. The highest BCUT2D eigenvalue weighted by Crippen LogP contribution is 2.43. The molecule has 9 heteroatoms. The van der Waals surface area contributed by atoms with Gasteiger partial charge in [0.1, 0.15) is 13.2 Å². The van der Waals surface area contributed by atoms with Gasteiger partial charge in [-0.15, -0.1) is 0 Å².